The second-order valence-electron chi connectivity index (χ2n) is 9.13. The number of nitrogens with zero attached hydrogens (tertiary/aromatic N) is 1. The van der Waals surface area contributed by atoms with E-state index in [-0.39, 0.29) is 13.2 Å². The van der Waals surface area contributed by atoms with Gasteiger partial charge in [0.2, 0.25) is 0 Å². The predicted molar refractivity (Wildman–Crippen MR) is 157 cm³/mol. The zero-order chi connectivity index (χ0) is 28.5. The van der Waals surface area contributed by atoms with Gasteiger partial charge in [0.15, 0.2) is 0 Å². The van der Waals surface area contributed by atoms with Crippen LogP contribution in [0.25, 0.3) is 0 Å². The van der Waals surface area contributed by atoms with Crippen molar-refractivity contribution >= 4 is 29.0 Å². The van der Waals surface area contributed by atoms with Crippen LogP contribution < -0.4 is 9.64 Å². The Bertz CT molecular complexity index is 1490. The van der Waals surface area contributed by atoms with Gasteiger partial charge in [0.25, 0.3) is 0 Å². The Labute approximate surface area is 234 Å². The number of anilines is 3. The molecule has 4 rings (SSSR count). The van der Waals surface area contributed by atoms with Crippen molar-refractivity contribution in [3.63, 3.8) is 0 Å². The van der Waals surface area contributed by atoms with E-state index in [0.29, 0.717) is 11.5 Å². The molecule has 0 spiro atoms. The first-order valence-electron chi connectivity index (χ1n) is 12.8. The van der Waals surface area contributed by atoms with Crippen molar-refractivity contribution in [3.05, 3.63) is 139 Å². The van der Waals surface area contributed by atoms with Crippen molar-refractivity contribution in [2.45, 2.75) is 27.1 Å². The fourth-order valence-corrected chi connectivity index (χ4v) is 3.93. The topological polar surface area (TPSA) is 65.1 Å². The van der Waals surface area contributed by atoms with Gasteiger partial charge in [-0.05, 0) is 96.8 Å². The molecular weight excluding hydrogens is 502 g/mol. The highest BCUT2D eigenvalue weighted by Gasteiger charge is 2.14. The molecule has 0 aromatic heterocycles. The van der Waals surface area contributed by atoms with Gasteiger partial charge < -0.3 is 19.1 Å². The van der Waals surface area contributed by atoms with E-state index < -0.39 is 11.9 Å². The molecular formula is C34H31NO5. The Morgan fingerprint density at radius 3 is 1.52 bits per heavy atom. The van der Waals surface area contributed by atoms with E-state index in [4.69, 9.17) is 14.2 Å². The Morgan fingerprint density at radius 1 is 0.625 bits per heavy atom. The Kier molecular flexibility index (Phi) is 9.15. The van der Waals surface area contributed by atoms with Crippen LogP contribution in [0.1, 0.15) is 22.3 Å². The molecule has 0 unspecified atom stereocenters. The number of hydrogen-bond donors (Lipinski definition) is 0. The van der Waals surface area contributed by atoms with Gasteiger partial charge in [-0.1, -0.05) is 43.5 Å². The largest absolute Gasteiger partial charge is 0.458 e. The molecule has 0 aliphatic rings. The number of carbonyl (C=O) groups is 2. The van der Waals surface area contributed by atoms with Crippen molar-refractivity contribution in [3.8, 4) is 11.5 Å². The van der Waals surface area contributed by atoms with Crippen LogP contribution in [0.2, 0.25) is 0 Å². The van der Waals surface area contributed by atoms with Gasteiger partial charge in [-0.3, -0.25) is 0 Å². The van der Waals surface area contributed by atoms with Gasteiger partial charge in [-0.25, -0.2) is 9.59 Å². The van der Waals surface area contributed by atoms with Crippen LogP contribution in [-0.2, 0) is 32.3 Å². The molecule has 6 nitrogen and oxygen atoms in total. The number of benzene rings is 4. The Hall–Kier alpha value is -5.10. The molecule has 40 heavy (non-hydrogen) atoms. The lowest BCUT2D eigenvalue weighted by Crippen LogP contribution is -2.10. The third-order valence-corrected chi connectivity index (χ3v) is 6.29. The number of esters is 2. The van der Waals surface area contributed by atoms with Gasteiger partial charge in [-0.15, -0.1) is 0 Å². The molecule has 0 radical (unpaired) electrons. The molecule has 202 valence electrons. The Balaban J connectivity index is 1.54. The number of rotatable bonds is 11. The molecule has 4 aromatic rings. The van der Waals surface area contributed by atoms with E-state index in [1.807, 2.05) is 72.8 Å². The molecule has 0 aliphatic heterocycles. The summed E-state index contributed by atoms with van der Waals surface area (Å²) in [6, 6.07) is 29.5. The van der Waals surface area contributed by atoms with Crippen LogP contribution in [-0.4, -0.2) is 11.9 Å². The van der Waals surface area contributed by atoms with Crippen molar-refractivity contribution < 1.29 is 23.8 Å². The number of carbonyl (C=O) groups excluding carboxylic acids is 2. The van der Waals surface area contributed by atoms with Crippen LogP contribution in [0.15, 0.2) is 116 Å². The summed E-state index contributed by atoms with van der Waals surface area (Å²) in [4.78, 5) is 24.9. The lowest BCUT2D eigenvalue weighted by atomic mass is 10.1. The van der Waals surface area contributed by atoms with E-state index >= 15 is 0 Å². The van der Waals surface area contributed by atoms with Crippen LogP contribution >= 0.6 is 0 Å². The summed E-state index contributed by atoms with van der Waals surface area (Å²) in [5, 5.41) is 0. The molecule has 0 N–H and O–H groups in total. The standard InChI is InChI=1S/C34H31NO5/c1-5-33(36)38-22-26-8-13-28(14-9-26)35(30-12-7-24(3)25(4)21-30)29-15-19-32(20-16-29)40-31-17-10-27(11-18-31)23-39-34(37)6-2/h5-21H,1-2,22-23H2,3-4H3. The lowest BCUT2D eigenvalue weighted by Gasteiger charge is -2.26. The van der Waals surface area contributed by atoms with Crippen molar-refractivity contribution in [2.24, 2.45) is 0 Å². The normalized spacial score (nSPS) is 10.3. The average Bonchev–Trinajstić information content (AvgIpc) is 2.98. The van der Waals surface area contributed by atoms with E-state index in [2.05, 4.69) is 50.1 Å². The molecule has 0 bridgehead atoms. The summed E-state index contributed by atoms with van der Waals surface area (Å²) in [7, 11) is 0. The number of ether oxygens (including phenoxy) is 3. The molecule has 0 atom stereocenters. The highest BCUT2D eigenvalue weighted by molar-refractivity contribution is 5.81. The smallest absolute Gasteiger partial charge is 0.330 e. The van der Waals surface area contributed by atoms with Gasteiger partial charge in [0, 0.05) is 29.2 Å². The van der Waals surface area contributed by atoms with Crippen molar-refractivity contribution in [1.29, 1.82) is 0 Å². The summed E-state index contributed by atoms with van der Waals surface area (Å²) in [5.41, 5.74) is 7.09. The second kappa shape index (κ2) is 13.1. The van der Waals surface area contributed by atoms with Gasteiger partial charge in [-0.2, -0.15) is 0 Å². The monoisotopic (exact) mass is 533 g/mol. The van der Waals surface area contributed by atoms with Crippen LogP contribution in [0.3, 0.4) is 0 Å². The summed E-state index contributed by atoms with van der Waals surface area (Å²) >= 11 is 0. The van der Waals surface area contributed by atoms with E-state index in [1.54, 1.807) is 0 Å². The van der Waals surface area contributed by atoms with E-state index in [1.165, 1.54) is 11.1 Å². The van der Waals surface area contributed by atoms with Gasteiger partial charge in [0.1, 0.15) is 24.7 Å². The summed E-state index contributed by atoms with van der Waals surface area (Å²) in [6.45, 7) is 11.4. The quantitative estimate of drug-likeness (QED) is 0.144. The Morgan fingerprint density at radius 2 is 1.05 bits per heavy atom. The molecule has 4 aromatic carbocycles. The fraction of sp³-hybridized carbons (Fsp3) is 0.118. The first-order chi connectivity index (χ1) is 19.4. The first kappa shape index (κ1) is 27.9. The van der Waals surface area contributed by atoms with Crippen LogP contribution in [0.5, 0.6) is 11.5 Å². The summed E-state index contributed by atoms with van der Waals surface area (Å²) in [6.07, 6.45) is 2.29. The zero-order valence-electron chi connectivity index (χ0n) is 22.6. The third-order valence-electron chi connectivity index (χ3n) is 6.29. The van der Waals surface area contributed by atoms with Crippen molar-refractivity contribution in [2.75, 3.05) is 4.90 Å². The highest BCUT2D eigenvalue weighted by atomic mass is 16.5. The van der Waals surface area contributed by atoms with Crippen molar-refractivity contribution in [1.82, 2.24) is 0 Å². The van der Waals surface area contributed by atoms with Crippen LogP contribution in [0, 0.1) is 13.8 Å². The van der Waals surface area contributed by atoms with Crippen LogP contribution in [0.4, 0.5) is 17.1 Å². The minimum Gasteiger partial charge on any atom is -0.458 e. The molecule has 0 heterocycles. The lowest BCUT2D eigenvalue weighted by molar-refractivity contribution is -0.139. The first-order valence-corrected chi connectivity index (χ1v) is 12.8. The number of aryl methyl sites for hydroxylation is 2. The van der Waals surface area contributed by atoms with Gasteiger partial charge >= 0.3 is 11.9 Å². The fourth-order valence-electron chi connectivity index (χ4n) is 3.93. The number of hydrogen-bond acceptors (Lipinski definition) is 6. The van der Waals surface area contributed by atoms with E-state index in [0.717, 1.165) is 40.3 Å². The van der Waals surface area contributed by atoms with E-state index in [9.17, 15) is 9.59 Å². The second-order valence-corrected chi connectivity index (χ2v) is 9.13. The summed E-state index contributed by atoms with van der Waals surface area (Å²) < 4.78 is 16.3. The van der Waals surface area contributed by atoms with Gasteiger partial charge in [0.05, 0.1) is 0 Å². The predicted octanol–water partition coefficient (Wildman–Crippen LogP) is 8.02. The maximum atomic E-state index is 11.4. The highest BCUT2D eigenvalue weighted by Crippen LogP contribution is 2.36. The summed E-state index contributed by atoms with van der Waals surface area (Å²) in [5.74, 6) is 0.452. The maximum absolute atomic E-state index is 11.4. The minimum absolute atomic E-state index is 0.176. The molecule has 0 amide bonds. The minimum atomic E-state index is -0.458. The SMILES string of the molecule is C=CC(=O)OCc1ccc(Oc2ccc(N(c3ccc(COC(=O)C=C)cc3)c3ccc(C)c(C)c3)cc2)cc1. The molecule has 0 fully saturated rings. The average molecular weight is 534 g/mol. The zero-order valence-corrected chi connectivity index (χ0v) is 22.6. The molecule has 0 saturated carbocycles. The third kappa shape index (κ3) is 7.26. The molecule has 0 aliphatic carbocycles. The maximum Gasteiger partial charge on any atom is 0.330 e. The molecule has 6 heteroatoms. The molecule has 0 saturated heterocycles.